The fourth-order valence-electron chi connectivity index (χ4n) is 4.57. The first-order chi connectivity index (χ1) is 16.5. The van der Waals surface area contributed by atoms with Crippen LogP contribution in [0.1, 0.15) is 60.3 Å². The van der Waals surface area contributed by atoms with E-state index in [1.54, 1.807) is 38.3 Å². The highest BCUT2D eigenvalue weighted by molar-refractivity contribution is 5.90. The Morgan fingerprint density at radius 3 is 2.29 bits per heavy atom. The van der Waals surface area contributed by atoms with E-state index in [1.165, 1.54) is 12.2 Å². The first kappa shape index (κ1) is 31.7. The lowest BCUT2D eigenvalue weighted by atomic mass is 9.81. The number of aliphatic hydroxyl groups is 4. The lowest BCUT2D eigenvalue weighted by molar-refractivity contribution is -0.200. The third-order valence-corrected chi connectivity index (χ3v) is 7.16. The van der Waals surface area contributed by atoms with Crippen molar-refractivity contribution in [2.24, 2.45) is 35.5 Å². The van der Waals surface area contributed by atoms with Crippen LogP contribution in [0.4, 0.5) is 0 Å². The van der Waals surface area contributed by atoms with Gasteiger partial charge in [-0.3, -0.25) is 4.79 Å². The summed E-state index contributed by atoms with van der Waals surface area (Å²) in [4.78, 5) is 12.5. The van der Waals surface area contributed by atoms with Gasteiger partial charge in [-0.1, -0.05) is 58.9 Å². The Labute approximate surface area is 211 Å². The second-order valence-corrected chi connectivity index (χ2v) is 10.5. The molecule has 1 heterocycles. The second-order valence-electron chi connectivity index (χ2n) is 10.5. The minimum Gasteiger partial charge on any atom is -0.393 e. The van der Waals surface area contributed by atoms with Crippen molar-refractivity contribution in [1.29, 1.82) is 0 Å². The molecule has 7 heteroatoms. The lowest BCUT2D eigenvalue weighted by Gasteiger charge is -2.29. The molecule has 0 saturated carbocycles. The van der Waals surface area contributed by atoms with Crippen LogP contribution in [0, 0.1) is 35.5 Å². The van der Waals surface area contributed by atoms with Crippen LogP contribution in [0.25, 0.3) is 0 Å². The summed E-state index contributed by atoms with van der Waals surface area (Å²) in [5.74, 6) is -0.557. The number of carbonyl (C=O) groups excluding carboxylic acids is 1. The molecule has 35 heavy (non-hydrogen) atoms. The summed E-state index contributed by atoms with van der Waals surface area (Å²) in [6.07, 6.45) is 8.40. The van der Waals surface area contributed by atoms with E-state index in [0.717, 1.165) is 12.8 Å². The average molecular weight is 497 g/mol. The quantitative estimate of drug-likeness (QED) is 0.432. The molecule has 0 amide bonds. The van der Waals surface area contributed by atoms with Crippen molar-refractivity contribution in [2.45, 2.75) is 85.1 Å². The molecular formula is C28H48O7. The van der Waals surface area contributed by atoms with E-state index in [9.17, 15) is 25.2 Å². The van der Waals surface area contributed by atoms with E-state index in [2.05, 4.69) is 6.92 Å². The summed E-state index contributed by atoms with van der Waals surface area (Å²) in [6.45, 7) is 10.1. The predicted octanol–water partition coefficient (Wildman–Crippen LogP) is 3.62. The zero-order valence-electron chi connectivity index (χ0n) is 22.3. The lowest BCUT2D eigenvalue weighted by Crippen LogP contribution is -2.30. The molecule has 0 aromatic carbocycles. The van der Waals surface area contributed by atoms with Crippen molar-refractivity contribution in [3.05, 3.63) is 36.5 Å². The van der Waals surface area contributed by atoms with Crippen LogP contribution in [0.15, 0.2) is 36.5 Å². The van der Waals surface area contributed by atoms with Crippen molar-refractivity contribution in [2.75, 3.05) is 13.7 Å². The molecule has 0 aromatic heterocycles. The van der Waals surface area contributed by atoms with Gasteiger partial charge in [0, 0.05) is 32.0 Å². The van der Waals surface area contributed by atoms with Gasteiger partial charge in [-0.25, -0.2) is 0 Å². The first-order valence-electron chi connectivity index (χ1n) is 12.9. The zero-order valence-corrected chi connectivity index (χ0v) is 22.3. The van der Waals surface area contributed by atoms with Gasteiger partial charge in [0.2, 0.25) is 0 Å². The van der Waals surface area contributed by atoms with E-state index in [-0.39, 0.29) is 35.9 Å². The van der Waals surface area contributed by atoms with Gasteiger partial charge in [0.1, 0.15) is 0 Å². The summed E-state index contributed by atoms with van der Waals surface area (Å²) >= 11 is 0. The number of aliphatic hydroxyl groups excluding tert-OH is 4. The molecule has 4 N–H and O–H groups in total. The highest BCUT2D eigenvalue weighted by atomic mass is 16.7. The number of hydrogen-bond donors (Lipinski definition) is 4. The molecule has 0 aliphatic carbocycles. The topological polar surface area (TPSA) is 116 Å². The van der Waals surface area contributed by atoms with Gasteiger partial charge in [-0.15, -0.1) is 0 Å². The van der Waals surface area contributed by atoms with Crippen LogP contribution in [0.2, 0.25) is 0 Å². The van der Waals surface area contributed by atoms with Gasteiger partial charge in [0.15, 0.2) is 18.4 Å². The fraction of sp³-hybridized carbons (Fsp3) is 0.750. The Morgan fingerprint density at radius 2 is 1.63 bits per heavy atom. The molecule has 1 aliphatic rings. The Morgan fingerprint density at radius 1 is 0.943 bits per heavy atom. The summed E-state index contributed by atoms with van der Waals surface area (Å²) < 4.78 is 10.6. The normalized spacial score (nSPS) is 42.4. The Balaban J connectivity index is 3.04. The van der Waals surface area contributed by atoms with Crippen LogP contribution >= 0.6 is 0 Å². The molecular weight excluding hydrogens is 448 g/mol. The molecule has 0 aromatic rings. The molecule has 0 saturated heterocycles. The van der Waals surface area contributed by atoms with E-state index in [1.807, 2.05) is 20.8 Å². The molecule has 0 radical (unpaired) electrons. The first-order valence-corrected chi connectivity index (χ1v) is 12.9. The van der Waals surface area contributed by atoms with Crippen molar-refractivity contribution in [1.82, 2.24) is 0 Å². The summed E-state index contributed by atoms with van der Waals surface area (Å²) in [7, 11) is 1.60. The Bertz CT molecular complexity index is 689. The Hall–Kier alpha value is -1.35. The molecule has 10 unspecified atom stereocenters. The third-order valence-electron chi connectivity index (χ3n) is 7.16. The monoisotopic (exact) mass is 496 g/mol. The molecule has 1 aliphatic heterocycles. The van der Waals surface area contributed by atoms with Gasteiger partial charge in [0.25, 0.3) is 0 Å². The van der Waals surface area contributed by atoms with E-state index >= 15 is 0 Å². The van der Waals surface area contributed by atoms with Crippen molar-refractivity contribution >= 4 is 5.78 Å². The number of carbonyl (C=O) groups is 1. The maximum absolute atomic E-state index is 12.5. The predicted molar refractivity (Wildman–Crippen MR) is 137 cm³/mol. The number of rotatable bonds is 2. The maximum Gasteiger partial charge on any atom is 0.177 e. The summed E-state index contributed by atoms with van der Waals surface area (Å²) in [5.41, 5.74) is 0. The zero-order chi connectivity index (χ0) is 26.5. The molecule has 10 atom stereocenters. The molecule has 7 nitrogen and oxygen atoms in total. The molecule has 0 bridgehead atoms. The minimum absolute atomic E-state index is 0.0246. The van der Waals surface area contributed by atoms with Crippen molar-refractivity contribution in [3.8, 4) is 0 Å². The van der Waals surface area contributed by atoms with Crippen molar-refractivity contribution in [3.63, 3.8) is 0 Å². The SMILES string of the molecule is COCC1CC(=O)/C=C\C=C/C(C)C(O)OC(O)/C=C\C(C)C(O)C(C)CC(C)CCC(O)C1C. The minimum atomic E-state index is -1.30. The van der Waals surface area contributed by atoms with Crippen molar-refractivity contribution < 1.29 is 34.7 Å². The van der Waals surface area contributed by atoms with Crippen LogP contribution in [0.5, 0.6) is 0 Å². The van der Waals surface area contributed by atoms with Gasteiger partial charge in [-0.2, -0.15) is 0 Å². The number of ether oxygens (including phenoxy) is 2. The number of methoxy groups -OCH3 is 1. The van der Waals surface area contributed by atoms with Gasteiger partial charge in [-0.05, 0) is 55.1 Å². The maximum atomic E-state index is 12.5. The van der Waals surface area contributed by atoms with E-state index in [4.69, 9.17) is 9.47 Å². The van der Waals surface area contributed by atoms with E-state index in [0.29, 0.717) is 18.9 Å². The largest absolute Gasteiger partial charge is 0.393 e. The van der Waals surface area contributed by atoms with E-state index < -0.39 is 30.7 Å². The summed E-state index contributed by atoms with van der Waals surface area (Å²) in [5, 5.41) is 41.9. The van der Waals surface area contributed by atoms with Gasteiger partial charge < -0.3 is 29.9 Å². The molecule has 0 spiro atoms. The Kier molecular flexibility index (Phi) is 14.8. The molecule has 1 rings (SSSR count). The molecule has 0 fully saturated rings. The number of ketones is 1. The van der Waals surface area contributed by atoms with Crippen LogP contribution < -0.4 is 0 Å². The smallest absolute Gasteiger partial charge is 0.177 e. The average Bonchev–Trinajstić information content (AvgIpc) is 2.81. The number of hydrogen-bond acceptors (Lipinski definition) is 7. The standard InChI is InChI=1S/C28H48O7/c1-18-11-13-25(30)22(5)23(17-34-6)16-24(29)10-8-7-9-20(3)28(33)35-26(31)14-12-19(2)27(32)21(4)15-18/h7-10,12,14,18-23,25-28,30-33H,11,13,15-17H2,1-6H3/b9-7-,10-8-,14-12-. The fourth-order valence-corrected chi connectivity index (χ4v) is 4.57. The molecule has 202 valence electrons. The highest BCUT2D eigenvalue weighted by Crippen LogP contribution is 2.28. The summed E-state index contributed by atoms with van der Waals surface area (Å²) in [6, 6.07) is 0. The van der Waals surface area contributed by atoms with Gasteiger partial charge in [0.05, 0.1) is 12.2 Å². The van der Waals surface area contributed by atoms with Crippen LogP contribution in [0.3, 0.4) is 0 Å². The third kappa shape index (κ3) is 12.0. The van der Waals surface area contributed by atoms with Crippen LogP contribution in [-0.4, -0.2) is 64.7 Å². The number of allylic oxidation sites excluding steroid dienone is 3. The highest BCUT2D eigenvalue weighted by Gasteiger charge is 2.27. The second kappa shape index (κ2) is 16.4. The van der Waals surface area contributed by atoms with Crippen LogP contribution in [-0.2, 0) is 14.3 Å². The van der Waals surface area contributed by atoms with Gasteiger partial charge >= 0.3 is 0 Å².